The molecule has 0 saturated heterocycles. The number of aryl methyl sites for hydroxylation is 2. The van der Waals surface area contributed by atoms with Gasteiger partial charge in [-0.15, -0.1) is 0 Å². The third kappa shape index (κ3) is 2.95. The van der Waals surface area contributed by atoms with Crippen molar-refractivity contribution in [2.24, 2.45) is 0 Å². The zero-order valence-corrected chi connectivity index (χ0v) is 11.9. The summed E-state index contributed by atoms with van der Waals surface area (Å²) in [5.74, 6) is -0.724. The Balaban J connectivity index is 2.71. The van der Waals surface area contributed by atoms with Crippen LogP contribution in [0.2, 0.25) is 0 Å². The number of hydrogen-bond donors (Lipinski definition) is 2. The van der Waals surface area contributed by atoms with E-state index in [9.17, 15) is 17.6 Å². The van der Waals surface area contributed by atoms with E-state index in [2.05, 4.69) is 20.4 Å². The Morgan fingerprint density at radius 3 is 2.55 bits per heavy atom. The molecule has 0 fully saturated rings. The van der Waals surface area contributed by atoms with Gasteiger partial charge in [0.15, 0.2) is 0 Å². The van der Waals surface area contributed by atoms with Crippen LogP contribution in [0, 0.1) is 6.92 Å². The number of nitrogen functional groups attached to an aromatic ring is 1. The number of hydrogen-bond acceptors (Lipinski definition) is 5. The van der Waals surface area contributed by atoms with Gasteiger partial charge in [-0.1, -0.05) is 0 Å². The van der Waals surface area contributed by atoms with Gasteiger partial charge in [0, 0.05) is 18.8 Å². The molecule has 0 aliphatic rings. The lowest BCUT2D eigenvalue weighted by atomic mass is 10.1. The molecule has 0 bridgehead atoms. The Morgan fingerprint density at radius 2 is 2.00 bits per heavy atom. The van der Waals surface area contributed by atoms with Crippen molar-refractivity contribution in [3.63, 3.8) is 0 Å². The van der Waals surface area contributed by atoms with Gasteiger partial charge in [0.2, 0.25) is 5.95 Å². The first-order valence-corrected chi connectivity index (χ1v) is 6.30. The van der Waals surface area contributed by atoms with E-state index in [0.29, 0.717) is 5.69 Å². The molecule has 0 saturated carbocycles. The molecule has 3 N–H and O–H groups in total. The number of nitrogens with zero attached hydrogens (tertiary/aromatic N) is 4. The zero-order valence-electron chi connectivity index (χ0n) is 11.9. The summed E-state index contributed by atoms with van der Waals surface area (Å²) in [4.78, 5) is 7.28. The third-order valence-electron chi connectivity index (χ3n) is 2.96. The highest BCUT2D eigenvalue weighted by Crippen LogP contribution is 2.40. The number of alkyl halides is 4. The second-order valence-corrected chi connectivity index (χ2v) is 4.48. The Kier molecular flexibility index (Phi) is 4.20. The van der Waals surface area contributed by atoms with Gasteiger partial charge in [-0.25, -0.2) is 9.37 Å². The monoisotopic (exact) mass is 318 g/mol. The van der Waals surface area contributed by atoms with Crippen molar-refractivity contribution >= 4 is 11.8 Å². The van der Waals surface area contributed by atoms with Gasteiger partial charge in [-0.3, -0.25) is 4.68 Å². The quantitative estimate of drug-likeness (QED) is 0.845. The number of nitrogens with one attached hydrogen (secondary N) is 1. The Hall–Kier alpha value is -2.39. The summed E-state index contributed by atoms with van der Waals surface area (Å²) in [5.41, 5.74) is 4.49. The second kappa shape index (κ2) is 5.78. The molecule has 0 spiro atoms. The molecule has 0 atom stereocenters. The van der Waals surface area contributed by atoms with Gasteiger partial charge >= 0.3 is 6.18 Å². The van der Waals surface area contributed by atoms with Crippen LogP contribution in [0.15, 0.2) is 6.20 Å². The van der Waals surface area contributed by atoms with Gasteiger partial charge in [-0.2, -0.15) is 23.3 Å². The van der Waals surface area contributed by atoms with Crippen LogP contribution in [0.1, 0.15) is 11.3 Å². The van der Waals surface area contributed by atoms with Crippen molar-refractivity contribution in [1.29, 1.82) is 0 Å². The van der Waals surface area contributed by atoms with Crippen molar-refractivity contribution in [3.05, 3.63) is 17.5 Å². The van der Waals surface area contributed by atoms with Crippen LogP contribution in [0.4, 0.5) is 29.3 Å². The molecule has 120 valence electrons. The summed E-state index contributed by atoms with van der Waals surface area (Å²) in [6, 6.07) is 0. The molecule has 6 nitrogen and oxygen atoms in total. The Labute approximate surface area is 123 Å². The fourth-order valence-corrected chi connectivity index (χ4v) is 2.07. The van der Waals surface area contributed by atoms with Gasteiger partial charge < -0.3 is 11.1 Å². The fourth-order valence-electron chi connectivity index (χ4n) is 2.07. The summed E-state index contributed by atoms with van der Waals surface area (Å²) in [7, 11) is 1.31. The molecule has 2 aromatic heterocycles. The molecule has 0 aromatic carbocycles. The molecule has 0 unspecified atom stereocenters. The lowest BCUT2D eigenvalue weighted by molar-refractivity contribution is -0.136. The highest BCUT2D eigenvalue weighted by atomic mass is 19.4. The van der Waals surface area contributed by atoms with Crippen molar-refractivity contribution < 1.29 is 17.6 Å². The predicted molar refractivity (Wildman–Crippen MR) is 72.9 cm³/mol. The molecule has 0 radical (unpaired) electrons. The van der Waals surface area contributed by atoms with Crippen LogP contribution >= 0.6 is 0 Å². The lowest BCUT2D eigenvalue weighted by Crippen LogP contribution is -2.15. The Bertz CT molecular complexity index is 679. The number of rotatable bonds is 4. The number of halogens is 4. The van der Waals surface area contributed by atoms with E-state index in [4.69, 9.17) is 5.73 Å². The van der Waals surface area contributed by atoms with Crippen LogP contribution in [0.3, 0.4) is 0 Å². The molecule has 0 amide bonds. The van der Waals surface area contributed by atoms with E-state index < -0.39 is 24.2 Å². The normalized spacial score (nSPS) is 11.7. The summed E-state index contributed by atoms with van der Waals surface area (Å²) < 4.78 is 53.7. The van der Waals surface area contributed by atoms with Crippen LogP contribution in [-0.4, -0.2) is 33.5 Å². The number of anilines is 2. The summed E-state index contributed by atoms with van der Waals surface area (Å²) in [6.07, 6.45) is -3.37. The zero-order chi connectivity index (χ0) is 16.5. The van der Waals surface area contributed by atoms with Crippen LogP contribution in [-0.2, 0) is 12.7 Å². The highest BCUT2D eigenvalue weighted by molar-refractivity contribution is 5.72. The van der Waals surface area contributed by atoms with Crippen molar-refractivity contribution in [2.75, 3.05) is 24.8 Å². The summed E-state index contributed by atoms with van der Waals surface area (Å²) in [5, 5.41) is 6.34. The summed E-state index contributed by atoms with van der Waals surface area (Å²) >= 11 is 0. The van der Waals surface area contributed by atoms with Gasteiger partial charge in [0.05, 0.1) is 17.9 Å². The largest absolute Gasteiger partial charge is 0.422 e. The van der Waals surface area contributed by atoms with Gasteiger partial charge in [-0.05, 0) is 6.92 Å². The molecule has 10 heteroatoms. The fraction of sp³-hybridized carbons (Fsp3) is 0.417. The maximum Gasteiger partial charge on any atom is 0.422 e. The molecule has 2 rings (SSSR count). The minimum Gasteiger partial charge on any atom is -0.372 e. The topological polar surface area (TPSA) is 81.6 Å². The third-order valence-corrected chi connectivity index (χ3v) is 2.96. The van der Waals surface area contributed by atoms with Crippen LogP contribution in [0.5, 0.6) is 0 Å². The van der Waals surface area contributed by atoms with E-state index in [1.165, 1.54) is 24.9 Å². The van der Waals surface area contributed by atoms with Crippen LogP contribution < -0.4 is 11.1 Å². The lowest BCUT2D eigenvalue weighted by Gasteiger charge is -2.15. The molecular formula is C12H14F4N6. The molecule has 2 aromatic rings. The number of aromatic nitrogens is 4. The molecular weight excluding hydrogens is 304 g/mol. The Morgan fingerprint density at radius 1 is 1.32 bits per heavy atom. The SMILES string of the molecule is CNc1nc(N)nc(-c2cn(CCF)nc2C)c1C(F)(F)F. The standard InChI is InChI=1S/C12H14F4N6/c1-6-7(5-22(21-6)4-3-13)9-8(12(14,15)16)10(18-2)20-11(17)19-9/h5H,3-4H2,1-2H3,(H3,17,18,19,20). The minimum atomic E-state index is -4.68. The molecule has 0 aliphatic heterocycles. The maximum absolute atomic E-state index is 13.4. The highest BCUT2D eigenvalue weighted by Gasteiger charge is 2.39. The van der Waals surface area contributed by atoms with E-state index in [1.54, 1.807) is 0 Å². The van der Waals surface area contributed by atoms with E-state index in [0.717, 1.165) is 0 Å². The maximum atomic E-state index is 13.4. The van der Waals surface area contributed by atoms with Gasteiger partial charge in [0.25, 0.3) is 0 Å². The molecule has 2 heterocycles. The smallest absolute Gasteiger partial charge is 0.372 e. The van der Waals surface area contributed by atoms with Crippen molar-refractivity contribution in [2.45, 2.75) is 19.6 Å². The van der Waals surface area contributed by atoms with Crippen LogP contribution in [0.25, 0.3) is 11.3 Å². The second-order valence-electron chi connectivity index (χ2n) is 4.48. The first kappa shape index (κ1) is 16.0. The molecule has 0 aliphatic carbocycles. The summed E-state index contributed by atoms with van der Waals surface area (Å²) in [6.45, 7) is 0.781. The minimum absolute atomic E-state index is 0.0539. The van der Waals surface area contributed by atoms with Crippen molar-refractivity contribution in [3.8, 4) is 11.3 Å². The van der Waals surface area contributed by atoms with E-state index >= 15 is 0 Å². The first-order valence-electron chi connectivity index (χ1n) is 6.30. The van der Waals surface area contributed by atoms with Gasteiger partial charge in [0.1, 0.15) is 18.1 Å². The number of nitrogens with two attached hydrogens (primary N) is 1. The average molecular weight is 318 g/mol. The average Bonchev–Trinajstić information content (AvgIpc) is 2.77. The first-order chi connectivity index (χ1) is 10.3. The van der Waals surface area contributed by atoms with E-state index in [-0.39, 0.29) is 23.8 Å². The predicted octanol–water partition coefficient (Wildman–Crippen LogP) is 2.26. The van der Waals surface area contributed by atoms with Crippen molar-refractivity contribution in [1.82, 2.24) is 19.7 Å². The molecule has 22 heavy (non-hydrogen) atoms. The van der Waals surface area contributed by atoms with E-state index in [1.807, 2.05) is 0 Å².